The molecule has 0 radical (unpaired) electrons. The number of amides is 1. The molecule has 0 unspecified atom stereocenters. The van der Waals surface area contributed by atoms with Gasteiger partial charge in [0.2, 0.25) is 0 Å². The highest BCUT2D eigenvalue weighted by atomic mass is 16.5. The lowest BCUT2D eigenvalue weighted by molar-refractivity contribution is 0.0525. The topological polar surface area (TPSA) is 107 Å². The van der Waals surface area contributed by atoms with Gasteiger partial charge in [-0.15, -0.1) is 0 Å². The van der Waals surface area contributed by atoms with E-state index in [-0.39, 0.29) is 30.0 Å². The first kappa shape index (κ1) is 24.5. The number of nitrogens with one attached hydrogen (secondary N) is 1. The van der Waals surface area contributed by atoms with E-state index in [1.54, 1.807) is 32.2 Å². The number of fused-ring (bicyclic) bond motifs is 1. The van der Waals surface area contributed by atoms with Gasteiger partial charge >= 0.3 is 11.9 Å². The maximum absolute atomic E-state index is 13.5. The lowest BCUT2D eigenvalue weighted by Crippen LogP contribution is -2.16. The first-order chi connectivity index (χ1) is 17.4. The van der Waals surface area contributed by atoms with E-state index in [1.807, 2.05) is 37.3 Å². The standard InChI is InChI=1S/C28H25N3O5/c1-4-35-27(33)18-13-19(28(34)36-5-2)15-20(14-18)30-26(32)22-16-25(24-8-6-7-11-29-24)31-23-10-9-17(3)12-21(22)23/h6-16H,4-5H2,1-3H3,(H,30,32). The molecule has 2 aromatic carbocycles. The molecule has 1 N–H and O–H groups in total. The van der Waals surface area contributed by atoms with E-state index in [4.69, 9.17) is 9.47 Å². The largest absolute Gasteiger partial charge is 0.462 e. The predicted octanol–water partition coefficient (Wildman–Crippen LogP) is 5.21. The molecule has 1 amide bonds. The van der Waals surface area contributed by atoms with Crippen molar-refractivity contribution in [2.24, 2.45) is 0 Å². The smallest absolute Gasteiger partial charge is 0.338 e. The number of nitrogens with zero attached hydrogens (tertiary/aromatic N) is 2. The maximum Gasteiger partial charge on any atom is 0.338 e. The highest BCUT2D eigenvalue weighted by molar-refractivity contribution is 6.13. The normalized spacial score (nSPS) is 10.6. The van der Waals surface area contributed by atoms with Gasteiger partial charge < -0.3 is 14.8 Å². The third kappa shape index (κ3) is 5.38. The quantitative estimate of drug-likeness (QED) is 0.360. The van der Waals surface area contributed by atoms with Crippen molar-refractivity contribution < 1.29 is 23.9 Å². The van der Waals surface area contributed by atoms with Crippen LogP contribution in [0.4, 0.5) is 5.69 Å². The molecule has 0 fully saturated rings. The fourth-order valence-electron chi connectivity index (χ4n) is 3.74. The first-order valence-corrected chi connectivity index (χ1v) is 11.5. The van der Waals surface area contributed by atoms with Gasteiger partial charge in [0.1, 0.15) is 0 Å². The Balaban J connectivity index is 1.78. The van der Waals surface area contributed by atoms with Crippen molar-refractivity contribution >= 4 is 34.4 Å². The van der Waals surface area contributed by atoms with Crippen molar-refractivity contribution in [2.75, 3.05) is 18.5 Å². The minimum atomic E-state index is -0.610. The van der Waals surface area contributed by atoms with Crippen molar-refractivity contribution in [1.82, 2.24) is 9.97 Å². The van der Waals surface area contributed by atoms with E-state index < -0.39 is 17.8 Å². The molecule has 0 saturated heterocycles. The number of anilines is 1. The second-order valence-electron chi connectivity index (χ2n) is 7.98. The molecule has 8 heteroatoms. The summed E-state index contributed by atoms with van der Waals surface area (Å²) in [5.74, 6) is -1.65. The molecule has 182 valence electrons. The molecular formula is C28H25N3O5. The summed E-state index contributed by atoms with van der Waals surface area (Å²) in [5.41, 5.74) is 3.67. The maximum atomic E-state index is 13.5. The number of benzene rings is 2. The van der Waals surface area contributed by atoms with Crippen LogP contribution in [0.5, 0.6) is 0 Å². The Morgan fingerprint density at radius 2 is 1.53 bits per heavy atom. The second kappa shape index (κ2) is 10.8. The Kier molecular flexibility index (Phi) is 7.34. The number of hydrogen-bond donors (Lipinski definition) is 1. The third-order valence-electron chi connectivity index (χ3n) is 5.35. The van der Waals surface area contributed by atoms with E-state index >= 15 is 0 Å². The number of carbonyl (C=O) groups excluding carboxylic acids is 3. The lowest BCUT2D eigenvalue weighted by atomic mass is 10.0. The predicted molar refractivity (Wildman–Crippen MR) is 136 cm³/mol. The number of rotatable bonds is 7. The second-order valence-corrected chi connectivity index (χ2v) is 7.98. The van der Waals surface area contributed by atoms with Crippen molar-refractivity contribution in [2.45, 2.75) is 20.8 Å². The van der Waals surface area contributed by atoms with E-state index in [0.717, 1.165) is 5.56 Å². The Hall–Kier alpha value is -4.59. The van der Waals surface area contributed by atoms with Crippen molar-refractivity contribution in [3.8, 4) is 11.4 Å². The molecule has 0 aliphatic rings. The van der Waals surface area contributed by atoms with Crippen LogP contribution in [0.1, 0.15) is 50.5 Å². The highest BCUT2D eigenvalue weighted by Gasteiger charge is 2.19. The summed E-state index contributed by atoms with van der Waals surface area (Å²) in [4.78, 5) is 47.4. The summed E-state index contributed by atoms with van der Waals surface area (Å²) in [6, 6.07) is 17.1. The van der Waals surface area contributed by atoms with Crippen LogP contribution in [0, 0.1) is 6.92 Å². The van der Waals surface area contributed by atoms with Crippen molar-refractivity contribution in [3.05, 3.63) is 89.1 Å². The molecule has 0 bridgehead atoms. The fourth-order valence-corrected chi connectivity index (χ4v) is 3.74. The Labute approximate surface area is 208 Å². The van der Waals surface area contributed by atoms with Crippen molar-refractivity contribution in [3.63, 3.8) is 0 Å². The van der Waals surface area contributed by atoms with Crippen LogP contribution in [0.15, 0.2) is 66.9 Å². The van der Waals surface area contributed by atoms with Gasteiger partial charge in [0, 0.05) is 17.3 Å². The molecule has 0 saturated carbocycles. The first-order valence-electron chi connectivity index (χ1n) is 11.5. The van der Waals surface area contributed by atoms with E-state index in [2.05, 4.69) is 15.3 Å². The average Bonchev–Trinajstić information content (AvgIpc) is 2.88. The summed E-state index contributed by atoms with van der Waals surface area (Å²) in [6.07, 6.45) is 1.66. The Morgan fingerprint density at radius 1 is 0.833 bits per heavy atom. The average molecular weight is 484 g/mol. The van der Waals surface area contributed by atoms with Gasteiger partial charge in [-0.05, 0) is 69.3 Å². The molecule has 0 aliphatic heterocycles. The van der Waals surface area contributed by atoms with Crippen LogP contribution in [0.3, 0.4) is 0 Å². The third-order valence-corrected chi connectivity index (χ3v) is 5.35. The number of aromatic nitrogens is 2. The molecule has 36 heavy (non-hydrogen) atoms. The summed E-state index contributed by atoms with van der Waals surface area (Å²) in [7, 11) is 0. The minimum absolute atomic E-state index is 0.127. The number of hydrogen-bond acceptors (Lipinski definition) is 7. The zero-order valence-corrected chi connectivity index (χ0v) is 20.2. The summed E-state index contributed by atoms with van der Waals surface area (Å²) >= 11 is 0. The summed E-state index contributed by atoms with van der Waals surface area (Å²) in [6.45, 7) is 5.64. The van der Waals surface area contributed by atoms with Gasteiger partial charge in [-0.1, -0.05) is 17.7 Å². The zero-order chi connectivity index (χ0) is 25.7. The van der Waals surface area contributed by atoms with Crippen molar-refractivity contribution in [1.29, 1.82) is 0 Å². The minimum Gasteiger partial charge on any atom is -0.462 e. The number of ether oxygens (including phenoxy) is 2. The molecule has 0 spiro atoms. The highest BCUT2D eigenvalue weighted by Crippen LogP contribution is 2.26. The number of carbonyl (C=O) groups is 3. The molecule has 4 rings (SSSR count). The monoisotopic (exact) mass is 483 g/mol. The summed E-state index contributed by atoms with van der Waals surface area (Å²) in [5, 5.41) is 3.49. The zero-order valence-electron chi connectivity index (χ0n) is 20.2. The number of esters is 2. The van der Waals surface area contributed by atoms with Crippen LogP contribution in [-0.2, 0) is 9.47 Å². The van der Waals surface area contributed by atoms with Crippen LogP contribution in [0.2, 0.25) is 0 Å². The van der Waals surface area contributed by atoms with Gasteiger partial charge in [-0.2, -0.15) is 0 Å². The van der Waals surface area contributed by atoms with E-state index in [1.165, 1.54) is 18.2 Å². The number of pyridine rings is 2. The molecule has 4 aromatic rings. The molecule has 2 aromatic heterocycles. The molecule has 2 heterocycles. The lowest BCUT2D eigenvalue weighted by Gasteiger charge is -2.13. The van der Waals surface area contributed by atoms with Crippen LogP contribution < -0.4 is 5.32 Å². The molecular weight excluding hydrogens is 458 g/mol. The van der Waals surface area contributed by atoms with E-state index in [0.29, 0.717) is 27.9 Å². The van der Waals surface area contributed by atoms with Crippen LogP contribution >= 0.6 is 0 Å². The van der Waals surface area contributed by atoms with Gasteiger partial charge in [0.05, 0.1) is 46.8 Å². The van der Waals surface area contributed by atoms with E-state index in [9.17, 15) is 14.4 Å². The SMILES string of the molecule is CCOC(=O)c1cc(NC(=O)c2cc(-c3ccccn3)nc3ccc(C)cc23)cc(C(=O)OCC)c1. The van der Waals surface area contributed by atoms with Crippen LogP contribution in [0.25, 0.3) is 22.3 Å². The van der Waals surface area contributed by atoms with Gasteiger partial charge in [0.15, 0.2) is 0 Å². The fraction of sp³-hybridized carbons (Fsp3) is 0.179. The number of aryl methyl sites for hydroxylation is 1. The van der Waals surface area contributed by atoms with Gasteiger partial charge in [-0.3, -0.25) is 9.78 Å². The molecule has 0 atom stereocenters. The van der Waals surface area contributed by atoms with Crippen LogP contribution in [-0.4, -0.2) is 41.0 Å². The van der Waals surface area contributed by atoms with Gasteiger partial charge in [0.25, 0.3) is 5.91 Å². The Morgan fingerprint density at radius 3 is 2.14 bits per heavy atom. The van der Waals surface area contributed by atoms with Gasteiger partial charge in [-0.25, -0.2) is 14.6 Å². The summed E-state index contributed by atoms with van der Waals surface area (Å²) < 4.78 is 10.2. The Bertz CT molecular complexity index is 1410. The molecule has 0 aliphatic carbocycles. The molecule has 8 nitrogen and oxygen atoms in total.